The van der Waals surface area contributed by atoms with Crippen molar-refractivity contribution in [2.45, 2.75) is 25.0 Å². The van der Waals surface area contributed by atoms with Crippen molar-refractivity contribution in [3.63, 3.8) is 0 Å². The maximum atomic E-state index is 11.7. The first kappa shape index (κ1) is 14.4. The standard InChI is InChI=1S/C13H15N3O3S/c1-8(2)12-15-16-13(19-12)20-7-11(18)14-9-5-3-4-6-10(9)17/h3-6,8,17H,7H2,1-2H3,(H,14,18). The van der Waals surface area contributed by atoms with Crippen LogP contribution in [0.3, 0.4) is 0 Å². The van der Waals surface area contributed by atoms with Crippen molar-refractivity contribution in [2.75, 3.05) is 11.1 Å². The van der Waals surface area contributed by atoms with E-state index in [1.807, 2.05) is 13.8 Å². The maximum absolute atomic E-state index is 11.7. The van der Waals surface area contributed by atoms with Gasteiger partial charge >= 0.3 is 0 Å². The predicted molar refractivity (Wildman–Crippen MR) is 75.8 cm³/mol. The number of phenols is 1. The van der Waals surface area contributed by atoms with Gasteiger partial charge in [0.2, 0.25) is 11.8 Å². The molecule has 0 aliphatic carbocycles. The number of aromatic nitrogens is 2. The highest BCUT2D eigenvalue weighted by Crippen LogP contribution is 2.23. The van der Waals surface area contributed by atoms with Crippen LogP contribution in [0.2, 0.25) is 0 Å². The van der Waals surface area contributed by atoms with Gasteiger partial charge in [-0.05, 0) is 12.1 Å². The van der Waals surface area contributed by atoms with E-state index in [0.29, 0.717) is 16.8 Å². The number of thioether (sulfide) groups is 1. The quantitative estimate of drug-likeness (QED) is 0.651. The molecule has 6 nitrogen and oxygen atoms in total. The average molecular weight is 293 g/mol. The van der Waals surface area contributed by atoms with Crippen LogP contribution in [0.15, 0.2) is 33.9 Å². The highest BCUT2D eigenvalue weighted by molar-refractivity contribution is 7.99. The monoisotopic (exact) mass is 293 g/mol. The third-order valence-corrected chi connectivity index (χ3v) is 3.24. The number of carbonyl (C=O) groups is 1. The molecule has 106 valence electrons. The molecule has 0 saturated heterocycles. The molecule has 0 saturated carbocycles. The van der Waals surface area contributed by atoms with Crippen LogP contribution in [0.25, 0.3) is 0 Å². The molecule has 0 aliphatic heterocycles. The first-order chi connectivity index (χ1) is 9.56. The number of hydrogen-bond acceptors (Lipinski definition) is 6. The smallest absolute Gasteiger partial charge is 0.277 e. The molecule has 20 heavy (non-hydrogen) atoms. The molecule has 0 unspecified atom stereocenters. The molecular formula is C13H15N3O3S. The van der Waals surface area contributed by atoms with E-state index in [9.17, 15) is 9.90 Å². The predicted octanol–water partition coefficient (Wildman–Crippen LogP) is 2.63. The van der Waals surface area contributed by atoms with E-state index in [-0.39, 0.29) is 23.3 Å². The molecule has 0 fully saturated rings. The number of carbonyl (C=O) groups excluding carboxylic acids is 1. The lowest BCUT2D eigenvalue weighted by Gasteiger charge is -2.05. The summed E-state index contributed by atoms with van der Waals surface area (Å²) in [5.74, 6) is 0.626. The minimum atomic E-state index is -0.249. The molecule has 1 amide bonds. The van der Waals surface area contributed by atoms with Crippen LogP contribution < -0.4 is 5.32 Å². The molecule has 0 atom stereocenters. The Balaban J connectivity index is 1.87. The van der Waals surface area contributed by atoms with Gasteiger partial charge in [0.15, 0.2) is 0 Å². The van der Waals surface area contributed by atoms with Gasteiger partial charge in [-0.1, -0.05) is 37.7 Å². The summed E-state index contributed by atoms with van der Waals surface area (Å²) in [4.78, 5) is 11.7. The zero-order chi connectivity index (χ0) is 14.5. The number of nitrogens with zero attached hydrogens (tertiary/aromatic N) is 2. The van der Waals surface area contributed by atoms with Crippen molar-refractivity contribution in [3.05, 3.63) is 30.2 Å². The van der Waals surface area contributed by atoms with E-state index in [1.165, 1.54) is 6.07 Å². The van der Waals surface area contributed by atoms with Gasteiger partial charge in [0.1, 0.15) is 5.75 Å². The second-order valence-electron chi connectivity index (χ2n) is 4.41. The Morgan fingerprint density at radius 2 is 2.15 bits per heavy atom. The lowest BCUT2D eigenvalue weighted by atomic mass is 10.2. The highest BCUT2D eigenvalue weighted by Gasteiger charge is 2.12. The van der Waals surface area contributed by atoms with Crippen LogP contribution in [0.4, 0.5) is 5.69 Å². The van der Waals surface area contributed by atoms with Crippen molar-refractivity contribution < 1.29 is 14.3 Å². The Labute approximate surface area is 120 Å². The van der Waals surface area contributed by atoms with Gasteiger partial charge in [0, 0.05) is 5.92 Å². The number of para-hydroxylation sites is 2. The Hall–Kier alpha value is -2.02. The SMILES string of the molecule is CC(C)c1nnc(SCC(=O)Nc2ccccc2O)o1. The normalized spacial score (nSPS) is 10.8. The zero-order valence-electron chi connectivity index (χ0n) is 11.2. The molecule has 2 aromatic rings. The van der Waals surface area contributed by atoms with Gasteiger partial charge in [0.25, 0.3) is 5.22 Å². The Morgan fingerprint density at radius 3 is 2.80 bits per heavy atom. The molecule has 0 spiro atoms. The Morgan fingerprint density at radius 1 is 1.40 bits per heavy atom. The number of anilines is 1. The third kappa shape index (κ3) is 3.74. The number of nitrogens with one attached hydrogen (secondary N) is 1. The second-order valence-corrected chi connectivity index (χ2v) is 5.34. The fourth-order valence-corrected chi connectivity index (χ4v) is 1.97. The second kappa shape index (κ2) is 6.42. The number of hydrogen-bond donors (Lipinski definition) is 2. The van der Waals surface area contributed by atoms with Crippen LogP contribution in [-0.4, -0.2) is 27.0 Å². The minimum absolute atomic E-state index is 0.0331. The molecule has 1 aromatic carbocycles. The van der Waals surface area contributed by atoms with Crippen molar-refractivity contribution in [1.82, 2.24) is 10.2 Å². The van der Waals surface area contributed by atoms with Crippen LogP contribution >= 0.6 is 11.8 Å². The van der Waals surface area contributed by atoms with Crippen molar-refractivity contribution in [1.29, 1.82) is 0 Å². The molecule has 0 aliphatic rings. The summed E-state index contributed by atoms with van der Waals surface area (Å²) in [6.45, 7) is 3.90. The van der Waals surface area contributed by atoms with Gasteiger partial charge in [0.05, 0.1) is 11.4 Å². The minimum Gasteiger partial charge on any atom is -0.506 e. The van der Waals surface area contributed by atoms with Crippen LogP contribution in [0.5, 0.6) is 5.75 Å². The molecule has 7 heteroatoms. The van der Waals surface area contributed by atoms with Gasteiger partial charge < -0.3 is 14.8 Å². The number of aromatic hydroxyl groups is 1. The van der Waals surface area contributed by atoms with E-state index < -0.39 is 0 Å². The number of amides is 1. The number of rotatable bonds is 5. The van der Waals surface area contributed by atoms with Gasteiger partial charge in [-0.2, -0.15) is 0 Å². The largest absolute Gasteiger partial charge is 0.506 e. The first-order valence-corrected chi connectivity index (χ1v) is 7.09. The molecule has 2 rings (SSSR count). The van der Waals surface area contributed by atoms with E-state index in [1.54, 1.807) is 18.2 Å². The van der Waals surface area contributed by atoms with Crippen molar-refractivity contribution in [2.24, 2.45) is 0 Å². The van der Waals surface area contributed by atoms with Gasteiger partial charge in [-0.25, -0.2) is 0 Å². The fourth-order valence-electron chi connectivity index (χ4n) is 1.40. The number of benzene rings is 1. The summed E-state index contributed by atoms with van der Waals surface area (Å²) in [7, 11) is 0. The van der Waals surface area contributed by atoms with Crippen molar-refractivity contribution >= 4 is 23.4 Å². The summed E-state index contributed by atoms with van der Waals surface area (Å²) in [6.07, 6.45) is 0. The van der Waals surface area contributed by atoms with E-state index in [2.05, 4.69) is 15.5 Å². The Kier molecular flexibility index (Phi) is 4.62. The molecule has 0 bridgehead atoms. The maximum Gasteiger partial charge on any atom is 0.277 e. The van der Waals surface area contributed by atoms with Crippen molar-refractivity contribution in [3.8, 4) is 5.75 Å². The third-order valence-electron chi connectivity index (χ3n) is 2.42. The zero-order valence-corrected chi connectivity index (χ0v) is 12.0. The first-order valence-electron chi connectivity index (χ1n) is 6.10. The van der Waals surface area contributed by atoms with E-state index in [4.69, 9.17) is 4.42 Å². The highest BCUT2D eigenvalue weighted by atomic mass is 32.2. The van der Waals surface area contributed by atoms with Crippen LogP contribution in [-0.2, 0) is 4.79 Å². The summed E-state index contributed by atoms with van der Waals surface area (Å²) in [6, 6.07) is 6.55. The summed E-state index contributed by atoms with van der Waals surface area (Å²) < 4.78 is 5.38. The summed E-state index contributed by atoms with van der Waals surface area (Å²) in [5.41, 5.74) is 0.381. The number of phenolic OH excluding ortho intramolecular Hbond substituents is 1. The van der Waals surface area contributed by atoms with Crippen LogP contribution in [0, 0.1) is 0 Å². The molecule has 1 aromatic heterocycles. The summed E-state index contributed by atoms with van der Waals surface area (Å²) >= 11 is 1.16. The van der Waals surface area contributed by atoms with Gasteiger partial charge in [-0.15, -0.1) is 10.2 Å². The molecule has 0 radical (unpaired) electrons. The van der Waals surface area contributed by atoms with E-state index >= 15 is 0 Å². The molecular weight excluding hydrogens is 278 g/mol. The lowest BCUT2D eigenvalue weighted by molar-refractivity contribution is -0.113. The molecule has 2 N–H and O–H groups in total. The van der Waals surface area contributed by atoms with E-state index in [0.717, 1.165) is 11.8 Å². The van der Waals surface area contributed by atoms with Gasteiger partial charge in [-0.3, -0.25) is 4.79 Å². The lowest BCUT2D eigenvalue weighted by Crippen LogP contribution is -2.14. The topological polar surface area (TPSA) is 88.2 Å². The van der Waals surface area contributed by atoms with Crippen LogP contribution in [0.1, 0.15) is 25.7 Å². The fraction of sp³-hybridized carbons (Fsp3) is 0.308. The summed E-state index contributed by atoms with van der Waals surface area (Å²) in [5, 5.41) is 20.3. The molecule has 1 heterocycles. The average Bonchev–Trinajstić information content (AvgIpc) is 2.88. The Bertz CT molecular complexity index is 598.